The molecule has 0 aliphatic heterocycles. The van der Waals surface area contributed by atoms with Crippen molar-refractivity contribution in [3.8, 4) is 0 Å². The number of nitrogens with one attached hydrogen (secondary N) is 1. The number of hydrogen-bond donors (Lipinski definition) is 1. The summed E-state index contributed by atoms with van der Waals surface area (Å²) in [6, 6.07) is 6.57. The third kappa shape index (κ3) is 4.17. The third-order valence-electron chi connectivity index (χ3n) is 2.98. The maximum atomic E-state index is 13.3. The molecule has 21 heavy (non-hydrogen) atoms. The predicted molar refractivity (Wildman–Crippen MR) is 85.4 cm³/mol. The van der Waals surface area contributed by atoms with Crippen LogP contribution >= 0.6 is 11.8 Å². The van der Waals surface area contributed by atoms with E-state index >= 15 is 0 Å². The van der Waals surface area contributed by atoms with Gasteiger partial charge in [0, 0.05) is 17.0 Å². The van der Waals surface area contributed by atoms with Gasteiger partial charge in [0.2, 0.25) is 0 Å². The van der Waals surface area contributed by atoms with Gasteiger partial charge in [-0.25, -0.2) is 14.4 Å². The Morgan fingerprint density at radius 2 is 2.10 bits per heavy atom. The number of rotatable bonds is 6. The van der Waals surface area contributed by atoms with Crippen LogP contribution in [0.2, 0.25) is 0 Å². The fourth-order valence-corrected chi connectivity index (χ4v) is 3.09. The molecule has 2 rings (SSSR count). The van der Waals surface area contributed by atoms with Crippen LogP contribution in [0.3, 0.4) is 0 Å². The molecule has 0 unspecified atom stereocenters. The van der Waals surface area contributed by atoms with Crippen molar-refractivity contribution >= 4 is 17.6 Å². The van der Waals surface area contributed by atoms with Gasteiger partial charge in [-0.05, 0) is 30.5 Å². The van der Waals surface area contributed by atoms with E-state index in [-0.39, 0.29) is 5.82 Å². The fraction of sp³-hybridized carbons (Fsp3) is 0.375. The zero-order valence-electron chi connectivity index (χ0n) is 12.6. The average Bonchev–Trinajstić information content (AvgIpc) is 2.45. The summed E-state index contributed by atoms with van der Waals surface area (Å²) in [7, 11) is 0. The van der Waals surface area contributed by atoms with Crippen molar-refractivity contribution in [1.82, 2.24) is 9.97 Å². The van der Waals surface area contributed by atoms with Crippen molar-refractivity contribution in [3.63, 3.8) is 0 Å². The second kappa shape index (κ2) is 7.41. The van der Waals surface area contributed by atoms with Crippen molar-refractivity contribution < 1.29 is 4.39 Å². The summed E-state index contributed by atoms with van der Waals surface area (Å²) in [5.41, 5.74) is 1.08. The molecule has 0 aliphatic carbocycles. The molecular weight excluding hydrogens is 285 g/mol. The van der Waals surface area contributed by atoms with Crippen LogP contribution in [-0.2, 0) is 0 Å². The smallest absolute Gasteiger partial charge is 0.134 e. The lowest BCUT2D eigenvalue weighted by Crippen LogP contribution is -2.08. The average molecular weight is 305 g/mol. The van der Waals surface area contributed by atoms with E-state index in [4.69, 9.17) is 0 Å². The van der Waals surface area contributed by atoms with Crippen molar-refractivity contribution in [1.29, 1.82) is 0 Å². The van der Waals surface area contributed by atoms with E-state index in [1.807, 2.05) is 6.07 Å². The molecule has 0 amide bonds. The lowest BCUT2D eigenvalue weighted by atomic mass is 10.1. The molecule has 112 valence electrons. The molecule has 0 spiro atoms. The summed E-state index contributed by atoms with van der Waals surface area (Å²) in [5, 5.41) is 4.22. The first kappa shape index (κ1) is 15.8. The van der Waals surface area contributed by atoms with Crippen LogP contribution in [0.1, 0.15) is 38.7 Å². The van der Waals surface area contributed by atoms with Crippen molar-refractivity contribution in [2.24, 2.45) is 0 Å². The molecular formula is C16H20FN3S. The minimum Gasteiger partial charge on any atom is -0.370 e. The summed E-state index contributed by atoms with van der Waals surface area (Å²) >= 11 is 1.47. The van der Waals surface area contributed by atoms with Crippen LogP contribution in [-0.4, -0.2) is 16.5 Å². The molecule has 0 aliphatic rings. The van der Waals surface area contributed by atoms with E-state index in [0.717, 1.165) is 34.3 Å². The van der Waals surface area contributed by atoms with Gasteiger partial charge >= 0.3 is 0 Å². The molecule has 2 aromatic rings. The molecule has 5 heteroatoms. The molecule has 1 N–H and O–H groups in total. The normalized spacial score (nSPS) is 10.9. The number of nitrogens with zero attached hydrogens (tertiary/aromatic N) is 2. The topological polar surface area (TPSA) is 37.8 Å². The molecule has 0 radical (unpaired) electrons. The molecule has 1 aromatic carbocycles. The second-order valence-electron chi connectivity index (χ2n) is 5.08. The van der Waals surface area contributed by atoms with Gasteiger partial charge in [-0.15, -0.1) is 0 Å². The summed E-state index contributed by atoms with van der Waals surface area (Å²) in [6.45, 7) is 7.23. The minimum atomic E-state index is -0.232. The van der Waals surface area contributed by atoms with Gasteiger partial charge < -0.3 is 5.32 Å². The van der Waals surface area contributed by atoms with E-state index in [0.29, 0.717) is 5.92 Å². The highest BCUT2D eigenvalue weighted by molar-refractivity contribution is 7.99. The molecule has 3 nitrogen and oxygen atoms in total. The maximum absolute atomic E-state index is 13.3. The molecule has 1 heterocycles. The zero-order chi connectivity index (χ0) is 15.2. The second-order valence-corrected chi connectivity index (χ2v) is 6.14. The number of aromatic nitrogens is 2. The van der Waals surface area contributed by atoms with Gasteiger partial charge in [-0.1, -0.05) is 38.6 Å². The van der Waals surface area contributed by atoms with Crippen LogP contribution in [0.4, 0.5) is 10.2 Å². The maximum Gasteiger partial charge on any atom is 0.134 e. The Morgan fingerprint density at radius 3 is 2.76 bits per heavy atom. The monoisotopic (exact) mass is 305 g/mol. The summed E-state index contributed by atoms with van der Waals surface area (Å²) < 4.78 is 13.3. The highest BCUT2D eigenvalue weighted by atomic mass is 32.2. The number of hydrogen-bond acceptors (Lipinski definition) is 4. The van der Waals surface area contributed by atoms with Gasteiger partial charge in [0.25, 0.3) is 0 Å². The van der Waals surface area contributed by atoms with Crippen LogP contribution in [0.5, 0.6) is 0 Å². The molecule has 0 atom stereocenters. The molecule has 0 bridgehead atoms. The lowest BCUT2D eigenvalue weighted by Gasteiger charge is -2.16. The van der Waals surface area contributed by atoms with Crippen LogP contribution in [0.25, 0.3) is 0 Å². The van der Waals surface area contributed by atoms with E-state index in [1.165, 1.54) is 23.9 Å². The van der Waals surface area contributed by atoms with Crippen LogP contribution in [0, 0.1) is 5.82 Å². The van der Waals surface area contributed by atoms with Crippen molar-refractivity contribution in [3.05, 3.63) is 42.0 Å². The Hall–Kier alpha value is -1.62. The Labute approximate surface area is 129 Å². The van der Waals surface area contributed by atoms with Gasteiger partial charge in [0.05, 0.1) is 0 Å². The van der Waals surface area contributed by atoms with E-state index in [1.54, 1.807) is 12.4 Å². The first-order valence-electron chi connectivity index (χ1n) is 7.14. The van der Waals surface area contributed by atoms with Crippen molar-refractivity contribution in [2.75, 3.05) is 11.9 Å². The van der Waals surface area contributed by atoms with E-state index in [9.17, 15) is 4.39 Å². The van der Waals surface area contributed by atoms with Crippen molar-refractivity contribution in [2.45, 2.75) is 43.0 Å². The van der Waals surface area contributed by atoms with E-state index < -0.39 is 0 Å². The molecule has 1 aromatic heterocycles. The Kier molecular flexibility index (Phi) is 5.56. The SMILES string of the molecule is CCCNc1ncnc(Sc2cccc(F)c2)c1C(C)C. The Balaban J connectivity index is 2.33. The van der Waals surface area contributed by atoms with Gasteiger partial charge in [-0.2, -0.15) is 0 Å². The molecule has 0 fully saturated rings. The third-order valence-corrected chi connectivity index (χ3v) is 3.99. The predicted octanol–water partition coefficient (Wildman–Crippen LogP) is 4.71. The first-order chi connectivity index (χ1) is 10.1. The summed E-state index contributed by atoms with van der Waals surface area (Å²) in [6.07, 6.45) is 2.60. The highest BCUT2D eigenvalue weighted by Crippen LogP contribution is 2.35. The Morgan fingerprint density at radius 1 is 1.29 bits per heavy atom. The lowest BCUT2D eigenvalue weighted by molar-refractivity contribution is 0.624. The number of halogens is 1. The van der Waals surface area contributed by atoms with Gasteiger partial charge in [-0.3, -0.25) is 0 Å². The van der Waals surface area contributed by atoms with Gasteiger partial charge in [0.1, 0.15) is 23.0 Å². The minimum absolute atomic E-state index is 0.232. The highest BCUT2D eigenvalue weighted by Gasteiger charge is 2.15. The standard InChI is InChI=1S/C16H20FN3S/c1-4-8-18-15-14(11(2)3)16(20-10-19-15)21-13-7-5-6-12(17)9-13/h5-7,9-11H,4,8H2,1-3H3,(H,18,19,20). The largest absolute Gasteiger partial charge is 0.370 e. The molecule has 0 saturated heterocycles. The Bertz CT molecular complexity index is 602. The summed E-state index contributed by atoms with van der Waals surface area (Å²) in [4.78, 5) is 9.58. The zero-order valence-corrected chi connectivity index (χ0v) is 13.4. The number of benzene rings is 1. The van der Waals surface area contributed by atoms with E-state index in [2.05, 4.69) is 36.1 Å². The van der Waals surface area contributed by atoms with Crippen LogP contribution in [0.15, 0.2) is 40.5 Å². The number of anilines is 1. The quantitative estimate of drug-likeness (QED) is 0.784. The van der Waals surface area contributed by atoms with Crippen LogP contribution < -0.4 is 5.32 Å². The molecule has 0 saturated carbocycles. The first-order valence-corrected chi connectivity index (χ1v) is 7.95. The fourth-order valence-electron chi connectivity index (χ4n) is 2.01. The summed E-state index contributed by atoms with van der Waals surface area (Å²) in [5.74, 6) is 0.937. The van der Waals surface area contributed by atoms with Gasteiger partial charge in [0.15, 0.2) is 0 Å².